The minimum atomic E-state index is -0.520. The molecule has 3 N–H and O–H groups in total. The van der Waals surface area contributed by atoms with E-state index in [0.717, 1.165) is 25.1 Å². The molecule has 0 bridgehead atoms. The van der Waals surface area contributed by atoms with Crippen LogP contribution in [0.2, 0.25) is 0 Å². The van der Waals surface area contributed by atoms with Crippen LogP contribution in [0.3, 0.4) is 0 Å². The summed E-state index contributed by atoms with van der Waals surface area (Å²) in [4.78, 5) is 34.4. The molecule has 2 rings (SSSR count). The Hall–Kier alpha value is -1.85. The quantitative estimate of drug-likeness (QED) is 0.677. The van der Waals surface area contributed by atoms with Gasteiger partial charge in [0.2, 0.25) is 0 Å². The van der Waals surface area contributed by atoms with Crippen LogP contribution in [0.15, 0.2) is 9.59 Å². The Bertz CT molecular complexity index is 623. The summed E-state index contributed by atoms with van der Waals surface area (Å²) in [6.07, 6.45) is 6.72. The second kappa shape index (κ2) is 5.66. The highest BCUT2D eigenvalue weighted by Gasteiger charge is 2.06. The number of aromatic amines is 3. The van der Waals surface area contributed by atoms with Crippen LogP contribution in [-0.4, -0.2) is 19.9 Å². The number of rotatable bonds is 6. The Morgan fingerprint density at radius 2 is 1.78 bits per heavy atom. The van der Waals surface area contributed by atoms with E-state index in [2.05, 4.69) is 26.9 Å². The monoisotopic (exact) mass is 250 g/mol. The van der Waals surface area contributed by atoms with Gasteiger partial charge in [-0.05, 0) is 6.42 Å². The molecule has 2 aromatic rings. The molecule has 98 valence electrons. The van der Waals surface area contributed by atoms with E-state index in [9.17, 15) is 9.59 Å². The third-order valence-electron chi connectivity index (χ3n) is 2.96. The highest BCUT2D eigenvalue weighted by molar-refractivity contribution is 5.68. The number of hydrogen-bond acceptors (Lipinski definition) is 3. The van der Waals surface area contributed by atoms with Crippen LogP contribution in [0.25, 0.3) is 11.2 Å². The van der Waals surface area contributed by atoms with Crippen molar-refractivity contribution in [3.8, 4) is 0 Å². The molecule has 6 heteroatoms. The molecule has 0 saturated carbocycles. The number of aromatic nitrogens is 4. The topological polar surface area (TPSA) is 94.4 Å². The predicted molar refractivity (Wildman–Crippen MR) is 69.8 cm³/mol. The van der Waals surface area contributed by atoms with E-state index in [1.54, 1.807) is 0 Å². The highest BCUT2D eigenvalue weighted by atomic mass is 16.2. The molecule has 6 nitrogen and oxygen atoms in total. The lowest BCUT2D eigenvalue weighted by Gasteiger charge is -1.97. The van der Waals surface area contributed by atoms with Gasteiger partial charge in [-0.15, -0.1) is 0 Å². The summed E-state index contributed by atoms with van der Waals surface area (Å²) in [6, 6.07) is 0. The fourth-order valence-corrected chi connectivity index (χ4v) is 2.00. The largest absolute Gasteiger partial charge is 0.336 e. The van der Waals surface area contributed by atoms with Gasteiger partial charge in [-0.2, -0.15) is 0 Å². The minimum absolute atomic E-state index is 0.340. The Morgan fingerprint density at radius 1 is 1.00 bits per heavy atom. The number of aryl methyl sites for hydroxylation is 1. The summed E-state index contributed by atoms with van der Waals surface area (Å²) in [5.41, 5.74) is -0.252. The summed E-state index contributed by atoms with van der Waals surface area (Å²) in [5.74, 6) is 0.758. The van der Waals surface area contributed by atoms with E-state index in [0.29, 0.717) is 11.2 Å². The Balaban J connectivity index is 2.04. The fourth-order valence-electron chi connectivity index (χ4n) is 2.00. The van der Waals surface area contributed by atoms with Crippen LogP contribution in [0.1, 0.15) is 44.9 Å². The van der Waals surface area contributed by atoms with Gasteiger partial charge >= 0.3 is 5.69 Å². The van der Waals surface area contributed by atoms with Gasteiger partial charge < -0.3 is 4.98 Å². The van der Waals surface area contributed by atoms with Crippen LogP contribution in [-0.2, 0) is 6.42 Å². The van der Waals surface area contributed by atoms with Crippen LogP contribution >= 0.6 is 0 Å². The lowest BCUT2D eigenvalue weighted by atomic mass is 10.1. The second-order valence-electron chi connectivity index (χ2n) is 4.48. The standard InChI is InChI=1S/C12H18N4O2/c1-2-3-4-5-6-7-8-13-9-10(14-8)15-12(18)16-11(9)17/h2-7H2,1H3,(H3,13,14,15,16,17,18). The predicted octanol–water partition coefficient (Wildman–Crippen LogP) is 1.45. The summed E-state index contributed by atoms with van der Waals surface area (Å²) in [6.45, 7) is 2.18. The molecule has 2 heterocycles. The van der Waals surface area contributed by atoms with Crippen molar-refractivity contribution in [1.29, 1.82) is 0 Å². The maximum absolute atomic E-state index is 11.5. The van der Waals surface area contributed by atoms with Gasteiger partial charge in [-0.3, -0.25) is 14.8 Å². The first-order chi connectivity index (χ1) is 8.70. The molecular formula is C12H18N4O2. The number of fused-ring (bicyclic) bond motifs is 1. The van der Waals surface area contributed by atoms with Crippen molar-refractivity contribution in [2.45, 2.75) is 45.4 Å². The number of hydrogen-bond donors (Lipinski definition) is 3. The Morgan fingerprint density at radius 3 is 2.56 bits per heavy atom. The van der Waals surface area contributed by atoms with Gasteiger partial charge in [-0.25, -0.2) is 9.78 Å². The van der Waals surface area contributed by atoms with Crippen LogP contribution in [0.4, 0.5) is 0 Å². The lowest BCUT2D eigenvalue weighted by Crippen LogP contribution is -2.21. The lowest BCUT2D eigenvalue weighted by molar-refractivity contribution is 0.625. The molecule has 0 unspecified atom stereocenters. The third-order valence-corrected chi connectivity index (χ3v) is 2.96. The Kier molecular flexibility index (Phi) is 3.96. The molecule has 2 aromatic heterocycles. The number of nitrogens with zero attached hydrogens (tertiary/aromatic N) is 1. The smallest absolute Gasteiger partial charge is 0.327 e. The molecule has 0 saturated heterocycles. The SMILES string of the molecule is CCCCCCCc1nc2[nH]c(=O)[nH]c(=O)c2[nH]1. The van der Waals surface area contributed by atoms with Crippen molar-refractivity contribution in [1.82, 2.24) is 19.9 Å². The molecular weight excluding hydrogens is 232 g/mol. The molecule has 0 spiro atoms. The Labute approximate surface area is 104 Å². The molecule has 0 aromatic carbocycles. The molecule has 0 aliphatic carbocycles. The molecule has 0 radical (unpaired) electrons. The van der Waals surface area contributed by atoms with Crippen molar-refractivity contribution >= 4 is 11.2 Å². The molecule has 0 aliphatic rings. The summed E-state index contributed by atoms with van der Waals surface area (Å²) in [7, 11) is 0. The maximum atomic E-state index is 11.5. The van der Waals surface area contributed by atoms with Crippen LogP contribution in [0, 0.1) is 0 Å². The van der Waals surface area contributed by atoms with Crippen molar-refractivity contribution in [2.24, 2.45) is 0 Å². The third kappa shape index (κ3) is 2.88. The molecule has 0 fully saturated rings. The average molecular weight is 250 g/mol. The number of nitrogens with one attached hydrogen (secondary N) is 3. The van der Waals surface area contributed by atoms with Crippen molar-refractivity contribution < 1.29 is 0 Å². The van der Waals surface area contributed by atoms with Crippen LogP contribution < -0.4 is 11.2 Å². The highest BCUT2D eigenvalue weighted by Crippen LogP contribution is 2.08. The first-order valence-corrected chi connectivity index (χ1v) is 6.42. The van der Waals surface area contributed by atoms with E-state index < -0.39 is 11.2 Å². The van der Waals surface area contributed by atoms with E-state index in [1.165, 1.54) is 19.3 Å². The van der Waals surface area contributed by atoms with Crippen molar-refractivity contribution in [2.75, 3.05) is 0 Å². The zero-order valence-corrected chi connectivity index (χ0v) is 10.5. The zero-order valence-electron chi connectivity index (χ0n) is 10.5. The van der Waals surface area contributed by atoms with Gasteiger partial charge in [0, 0.05) is 6.42 Å². The van der Waals surface area contributed by atoms with Crippen molar-refractivity contribution in [3.63, 3.8) is 0 Å². The van der Waals surface area contributed by atoms with Gasteiger partial charge in [0.15, 0.2) is 5.65 Å². The maximum Gasteiger partial charge on any atom is 0.327 e. The normalized spacial score (nSPS) is 11.2. The molecule has 18 heavy (non-hydrogen) atoms. The summed E-state index contributed by atoms with van der Waals surface area (Å²) in [5, 5.41) is 0. The zero-order chi connectivity index (χ0) is 13.0. The molecule has 0 amide bonds. The van der Waals surface area contributed by atoms with Gasteiger partial charge in [0.05, 0.1) is 0 Å². The summed E-state index contributed by atoms with van der Waals surface area (Å²) < 4.78 is 0. The number of H-pyrrole nitrogens is 3. The minimum Gasteiger partial charge on any atom is -0.336 e. The van der Waals surface area contributed by atoms with E-state index in [-0.39, 0.29) is 0 Å². The van der Waals surface area contributed by atoms with E-state index in [4.69, 9.17) is 0 Å². The van der Waals surface area contributed by atoms with Gasteiger partial charge in [-0.1, -0.05) is 32.6 Å². The molecule has 0 atom stereocenters. The first-order valence-electron chi connectivity index (χ1n) is 6.42. The summed E-state index contributed by atoms with van der Waals surface area (Å²) >= 11 is 0. The first kappa shape index (κ1) is 12.6. The van der Waals surface area contributed by atoms with E-state index >= 15 is 0 Å². The average Bonchev–Trinajstić information content (AvgIpc) is 2.72. The van der Waals surface area contributed by atoms with Crippen molar-refractivity contribution in [3.05, 3.63) is 26.7 Å². The van der Waals surface area contributed by atoms with E-state index in [1.807, 2.05) is 0 Å². The molecule has 0 aliphatic heterocycles. The fraction of sp³-hybridized carbons (Fsp3) is 0.583. The van der Waals surface area contributed by atoms with Gasteiger partial charge in [0.1, 0.15) is 11.3 Å². The number of imidazole rings is 1. The van der Waals surface area contributed by atoms with Crippen LogP contribution in [0.5, 0.6) is 0 Å². The van der Waals surface area contributed by atoms with Gasteiger partial charge in [0.25, 0.3) is 5.56 Å². The number of unbranched alkanes of at least 4 members (excludes halogenated alkanes) is 4. The second-order valence-corrected chi connectivity index (χ2v) is 4.48.